The molecule has 4 heteroatoms. The number of ketones is 1. The molecule has 1 atom stereocenters. The normalized spacial score (nSPS) is 12.3. The third-order valence-electron chi connectivity index (χ3n) is 2.49. The molecule has 0 aliphatic carbocycles. The molecule has 0 aliphatic rings. The van der Waals surface area contributed by atoms with E-state index >= 15 is 0 Å². The standard InChI is InChI=1S/C16H27NO3/c1-7-8-9-10-11-13(18)14(12(2)3)17-15(19)20-16(4,5)6/h12,14H,7-9H2,1-6H3,(H,17,19). The van der Waals surface area contributed by atoms with Gasteiger partial charge in [0.05, 0.1) is 0 Å². The monoisotopic (exact) mass is 281 g/mol. The van der Waals surface area contributed by atoms with Crippen LogP contribution in [0.4, 0.5) is 4.79 Å². The zero-order chi connectivity index (χ0) is 15.8. The van der Waals surface area contributed by atoms with E-state index < -0.39 is 17.7 Å². The highest BCUT2D eigenvalue weighted by molar-refractivity contribution is 6.01. The Labute approximate surface area is 122 Å². The highest BCUT2D eigenvalue weighted by Gasteiger charge is 2.25. The lowest BCUT2D eigenvalue weighted by Gasteiger charge is -2.23. The third kappa shape index (κ3) is 8.58. The molecule has 0 aliphatic heterocycles. The second-order valence-corrected chi connectivity index (χ2v) is 6.14. The second-order valence-electron chi connectivity index (χ2n) is 6.14. The summed E-state index contributed by atoms with van der Waals surface area (Å²) in [6, 6.07) is -0.626. The quantitative estimate of drug-likeness (QED) is 0.478. The summed E-state index contributed by atoms with van der Waals surface area (Å²) in [5.74, 6) is 5.17. The lowest BCUT2D eigenvalue weighted by molar-refractivity contribution is -0.116. The molecular formula is C16H27NO3. The first-order valence-corrected chi connectivity index (χ1v) is 7.19. The van der Waals surface area contributed by atoms with Gasteiger partial charge in [-0.1, -0.05) is 33.1 Å². The SMILES string of the molecule is CCCCC#CC(=O)C(NC(=O)OC(C)(C)C)C(C)C. The van der Waals surface area contributed by atoms with Crippen molar-refractivity contribution in [2.45, 2.75) is 72.4 Å². The minimum Gasteiger partial charge on any atom is -0.444 e. The number of nitrogens with one attached hydrogen (secondary N) is 1. The number of rotatable bonds is 5. The predicted molar refractivity (Wildman–Crippen MR) is 80.3 cm³/mol. The van der Waals surface area contributed by atoms with Gasteiger partial charge in [0.15, 0.2) is 0 Å². The minimum absolute atomic E-state index is 0.0320. The van der Waals surface area contributed by atoms with Crippen molar-refractivity contribution in [3.05, 3.63) is 0 Å². The van der Waals surface area contributed by atoms with E-state index in [1.807, 2.05) is 13.8 Å². The van der Waals surface area contributed by atoms with Crippen LogP contribution in [-0.4, -0.2) is 23.5 Å². The summed E-state index contributed by atoms with van der Waals surface area (Å²) in [6.45, 7) is 11.2. The van der Waals surface area contributed by atoms with Gasteiger partial charge >= 0.3 is 6.09 Å². The largest absolute Gasteiger partial charge is 0.444 e. The van der Waals surface area contributed by atoms with E-state index in [-0.39, 0.29) is 11.7 Å². The molecule has 114 valence electrons. The van der Waals surface area contributed by atoms with Gasteiger partial charge in [-0.15, -0.1) is 0 Å². The van der Waals surface area contributed by atoms with Crippen molar-refractivity contribution in [1.82, 2.24) is 5.32 Å². The van der Waals surface area contributed by atoms with Crippen LogP contribution in [0.1, 0.15) is 60.8 Å². The van der Waals surface area contributed by atoms with Crippen LogP contribution in [0.3, 0.4) is 0 Å². The molecule has 0 radical (unpaired) electrons. The van der Waals surface area contributed by atoms with E-state index in [0.29, 0.717) is 6.42 Å². The lowest BCUT2D eigenvalue weighted by Crippen LogP contribution is -2.46. The molecular weight excluding hydrogens is 254 g/mol. The summed E-state index contributed by atoms with van der Waals surface area (Å²) in [5, 5.41) is 2.60. The van der Waals surface area contributed by atoms with E-state index in [1.165, 1.54) is 0 Å². The van der Waals surface area contributed by atoms with Crippen LogP contribution in [0.2, 0.25) is 0 Å². The molecule has 0 heterocycles. The molecule has 0 fully saturated rings. The molecule has 1 N–H and O–H groups in total. The molecule has 0 aromatic carbocycles. The fourth-order valence-corrected chi connectivity index (χ4v) is 1.46. The maximum atomic E-state index is 12.0. The summed E-state index contributed by atoms with van der Waals surface area (Å²) in [7, 11) is 0. The Morgan fingerprint density at radius 2 is 1.85 bits per heavy atom. The number of hydrogen-bond donors (Lipinski definition) is 1. The molecule has 0 saturated carbocycles. The van der Waals surface area contributed by atoms with Gasteiger partial charge in [0.2, 0.25) is 5.78 Å². The van der Waals surface area contributed by atoms with Crippen molar-refractivity contribution in [3.8, 4) is 11.8 Å². The minimum atomic E-state index is -0.626. The Balaban J connectivity index is 4.60. The Kier molecular flexibility index (Phi) is 7.98. The fraction of sp³-hybridized carbons (Fsp3) is 0.750. The number of carbonyl (C=O) groups excluding carboxylic acids is 2. The number of unbranched alkanes of at least 4 members (excludes halogenated alkanes) is 2. The van der Waals surface area contributed by atoms with Gasteiger partial charge < -0.3 is 10.1 Å². The van der Waals surface area contributed by atoms with E-state index in [1.54, 1.807) is 20.8 Å². The van der Waals surface area contributed by atoms with Gasteiger partial charge in [0.25, 0.3) is 0 Å². The zero-order valence-corrected chi connectivity index (χ0v) is 13.5. The molecule has 0 spiro atoms. The molecule has 0 aromatic heterocycles. The van der Waals surface area contributed by atoms with Crippen molar-refractivity contribution in [2.75, 3.05) is 0 Å². The van der Waals surface area contributed by atoms with Crippen molar-refractivity contribution in [2.24, 2.45) is 5.92 Å². The van der Waals surface area contributed by atoms with E-state index in [0.717, 1.165) is 12.8 Å². The Morgan fingerprint density at radius 1 is 1.25 bits per heavy atom. The fourth-order valence-electron chi connectivity index (χ4n) is 1.46. The smallest absolute Gasteiger partial charge is 0.408 e. The number of hydrogen-bond acceptors (Lipinski definition) is 3. The summed E-state index contributed by atoms with van der Waals surface area (Å²) >= 11 is 0. The van der Waals surface area contributed by atoms with Gasteiger partial charge in [0, 0.05) is 6.42 Å². The van der Waals surface area contributed by atoms with Gasteiger partial charge in [0.1, 0.15) is 11.6 Å². The number of ether oxygens (including phenoxy) is 1. The van der Waals surface area contributed by atoms with Gasteiger partial charge in [-0.05, 0) is 39.0 Å². The molecule has 1 unspecified atom stereocenters. The Hall–Kier alpha value is -1.50. The van der Waals surface area contributed by atoms with E-state index in [9.17, 15) is 9.59 Å². The van der Waals surface area contributed by atoms with Gasteiger partial charge in [-0.3, -0.25) is 4.79 Å². The number of alkyl carbamates (subject to hydrolysis) is 1. The van der Waals surface area contributed by atoms with Crippen LogP contribution >= 0.6 is 0 Å². The maximum Gasteiger partial charge on any atom is 0.408 e. The van der Waals surface area contributed by atoms with Crippen molar-refractivity contribution in [1.29, 1.82) is 0 Å². The summed E-state index contributed by atoms with van der Waals surface area (Å²) in [6.07, 6.45) is 2.15. The summed E-state index contributed by atoms with van der Waals surface area (Å²) < 4.78 is 5.16. The van der Waals surface area contributed by atoms with E-state index in [4.69, 9.17) is 4.74 Å². The average Bonchev–Trinajstić information content (AvgIpc) is 2.28. The second kappa shape index (κ2) is 8.63. The molecule has 1 amide bonds. The van der Waals surface area contributed by atoms with Crippen LogP contribution in [0.5, 0.6) is 0 Å². The van der Waals surface area contributed by atoms with Crippen molar-refractivity contribution in [3.63, 3.8) is 0 Å². The highest BCUT2D eigenvalue weighted by atomic mass is 16.6. The summed E-state index contributed by atoms with van der Waals surface area (Å²) in [5.41, 5.74) is -0.582. The number of amides is 1. The Bertz CT molecular complexity index is 383. The molecule has 0 rings (SSSR count). The van der Waals surface area contributed by atoms with E-state index in [2.05, 4.69) is 24.1 Å². The summed E-state index contributed by atoms with van der Waals surface area (Å²) in [4.78, 5) is 23.7. The first kappa shape index (κ1) is 18.5. The van der Waals surface area contributed by atoms with Crippen LogP contribution in [-0.2, 0) is 9.53 Å². The molecule has 0 aromatic rings. The molecule has 0 bridgehead atoms. The Morgan fingerprint density at radius 3 is 2.30 bits per heavy atom. The van der Waals surface area contributed by atoms with Crippen LogP contribution in [0.25, 0.3) is 0 Å². The van der Waals surface area contributed by atoms with Crippen LogP contribution < -0.4 is 5.32 Å². The topological polar surface area (TPSA) is 55.4 Å². The molecule has 4 nitrogen and oxygen atoms in total. The first-order chi connectivity index (χ1) is 9.17. The zero-order valence-electron chi connectivity index (χ0n) is 13.5. The van der Waals surface area contributed by atoms with Gasteiger partial charge in [-0.25, -0.2) is 4.79 Å². The average molecular weight is 281 g/mol. The lowest BCUT2D eigenvalue weighted by atomic mass is 10.00. The first-order valence-electron chi connectivity index (χ1n) is 7.19. The number of Topliss-reactive ketones (excluding diaryl/α,β-unsaturated/α-hetero) is 1. The van der Waals surface area contributed by atoms with Crippen molar-refractivity contribution < 1.29 is 14.3 Å². The third-order valence-corrected chi connectivity index (χ3v) is 2.49. The molecule has 20 heavy (non-hydrogen) atoms. The van der Waals surface area contributed by atoms with Crippen LogP contribution in [0, 0.1) is 17.8 Å². The van der Waals surface area contributed by atoms with Gasteiger partial charge in [-0.2, -0.15) is 0 Å². The predicted octanol–water partition coefficient (Wildman–Crippen LogP) is 3.30. The van der Waals surface area contributed by atoms with Crippen molar-refractivity contribution >= 4 is 11.9 Å². The number of carbonyl (C=O) groups is 2. The maximum absolute atomic E-state index is 12.0. The molecule has 0 saturated heterocycles. The highest BCUT2D eigenvalue weighted by Crippen LogP contribution is 2.09. The van der Waals surface area contributed by atoms with Crippen LogP contribution in [0.15, 0.2) is 0 Å².